The van der Waals surface area contributed by atoms with Crippen molar-refractivity contribution in [2.24, 2.45) is 0 Å². The number of nitrogens with zero attached hydrogens (tertiary/aromatic N) is 3. The average Bonchev–Trinajstić information content (AvgIpc) is 3.32. The number of likely N-dealkylation sites (tertiary alicyclic amines) is 1. The van der Waals surface area contributed by atoms with E-state index in [-0.39, 0.29) is 5.91 Å². The van der Waals surface area contributed by atoms with E-state index in [4.69, 9.17) is 16.0 Å². The largest absolute Gasteiger partial charge is 0.449 e. The van der Waals surface area contributed by atoms with Crippen LogP contribution in [0.1, 0.15) is 65.3 Å². The molecule has 2 fully saturated rings. The number of fused-ring (bicyclic) bond motifs is 1. The SMILES string of the molecule is Cc1c(C(=O)N2CCC(c3nc(C4CC4)n[nH]3)CC2)oc2c(Cl)cccc12. The molecular weight excluding hydrogens is 364 g/mol. The Kier molecular flexibility index (Phi) is 3.97. The molecule has 1 saturated heterocycles. The number of carbonyl (C=O) groups excluding carboxylic acids is 1. The van der Waals surface area contributed by atoms with Gasteiger partial charge in [-0.25, -0.2) is 4.98 Å². The molecule has 1 aliphatic carbocycles. The number of nitrogens with one attached hydrogen (secondary N) is 1. The zero-order valence-electron chi connectivity index (χ0n) is 15.2. The predicted octanol–water partition coefficient (Wildman–Crippen LogP) is 4.41. The summed E-state index contributed by atoms with van der Waals surface area (Å²) < 4.78 is 5.84. The number of hydrogen-bond acceptors (Lipinski definition) is 4. The third kappa shape index (κ3) is 2.92. The minimum Gasteiger partial charge on any atom is -0.449 e. The van der Waals surface area contributed by atoms with Crippen LogP contribution in [0.15, 0.2) is 22.6 Å². The number of para-hydroxylation sites is 1. The van der Waals surface area contributed by atoms with Crippen LogP contribution in [0, 0.1) is 6.92 Å². The van der Waals surface area contributed by atoms with Gasteiger partial charge in [-0.05, 0) is 38.7 Å². The number of hydrogen-bond donors (Lipinski definition) is 1. The highest BCUT2D eigenvalue weighted by atomic mass is 35.5. The Morgan fingerprint density at radius 3 is 2.70 bits per heavy atom. The van der Waals surface area contributed by atoms with Gasteiger partial charge in [0.2, 0.25) is 0 Å². The lowest BCUT2D eigenvalue weighted by atomic mass is 9.96. The normalized spacial score (nSPS) is 18.4. The maximum Gasteiger partial charge on any atom is 0.289 e. The third-order valence-electron chi connectivity index (χ3n) is 5.74. The van der Waals surface area contributed by atoms with Gasteiger partial charge in [-0.15, -0.1) is 0 Å². The molecule has 2 aromatic heterocycles. The molecule has 27 heavy (non-hydrogen) atoms. The Labute approximate surface area is 161 Å². The van der Waals surface area contributed by atoms with Gasteiger partial charge >= 0.3 is 0 Å². The number of amides is 1. The fraction of sp³-hybridized carbons (Fsp3) is 0.450. The topological polar surface area (TPSA) is 75.0 Å². The summed E-state index contributed by atoms with van der Waals surface area (Å²) in [6.45, 7) is 3.29. The van der Waals surface area contributed by atoms with Crippen LogP contribution in [0.3, 0.4) is 0 Å². The highest BCUT2D eigenvalue weighted by Crippen LogP contribution is 2.39. The van der Waals surface area contributed by atoms with Gasteiger partial charge in [-0.2, -0.15) is 5.10 Å². The smallest absolute Gasteiger partial charge is 0.289 e. The summed E-state index contributed by atoms with van der Waals surface area (Å²) in [5.41, 5.74) is 1.44. The van der Waals surface area contributed by atoms with Gasteiger partial charge in [0.05, 0.1) is 5.02 Å². The Morgan fingerprint density at radius 2 is 2.00 bits per heavy atom. The molecule has 0 atom stereocenters. The van der Waals surface area contributed by atoms with Crippen LogP contribution in [0.4, 0.5) is 0 Å². The van der Waals surface area contributed by atoms with Gasteiger partial charge in [0.15, 0.2) is 17.2 Å². The van der Waals surface area contributed by atoms with E-state index in [0.717, 1.165) is 35.4 Å². The molecule has 0 bridgehead atoms. The first-order chi connectivity index (χ1) is 13.1. The van der Waals surface area contributed by atoms with Crippen LogP contribution in [-0.4, -0.2) is 39.1 Å². The van der Waals surface area contributed by atoms with E-state index in [1.165, 1.54) is 12.8 Å². The van der Waals surface area contributed by atoms with Crippen molar-refractivity contribution in [3.63, 3.8) is 0 Å². The Bertz CT molecular complexity index is 1010. The summed E-state index contributed by atoms with van der Waals surface area (Å²) in [5, 5.41) is 8.89. The highest BCUT2D eigenvalue weighted by molar-refractivity contribution is 6.35. The lowest BCUT2D eigenvalue weighted by Crippen LogP contribution is -2.38. The fourth-order valence-electron chi connectivity index (χ4n) is 3.91. The molecule has 7 heteroatoms. The number of aromatic nitrogens is 3. The molecule has 0 radical (unpaired) electrons. The molecule has 1 aromatic carbocycles. The highest BCUT2D eigenvalue weighted by Gasteiger charge is 2.32. The molecule has 140 valence electrons. The summed E-state index contributed by atoms with van der Waals surface area (Å²) in [6, 6.07) is 5.59. The maximum atomic E-state index is 13.0. The van der Waals surface area contributed by atoms with Crippen molar-refractivity contribution >= 4 is 28.5 Å². The number of piperidine rings is 1. The van der Waals surface area contributed by atoms with E-state index in [9.17, 15) is 4.79 Å². The lowest BCUT2D eigenvalue weighted by Gasteiger charge is -2.30. The molecule has 1 saturated carbocycles. The molecule has 1 amide bonds. The first-order valence-electron chi connectivity index (χ1n) is 9.51. The molecule has 1 aliphatic heterocycles. The Balaban J connectivity index is 1.31. The summed E-state index contributed by atoms with van der Waals surface area (Å²) in [5.74, 6) is 3.15. The first kappa shape index (κ1) is 16.8. The molecule has 3 heterocycles. The van der Waals surface area contributed by atoms with Gasteiger partial charge in [0, 0.05) is 35.9 Å². The number of H-pyrrole nitrogens is 1. The Hall–Kier alpha value is -2.34. The quantitative estimate of drug-likeness (QED) is 0.725. The van der Waals surface area contributed by atoms with E-state index >= 15 is 0 Å². The van der Waals surface area contributed by atoms with Crippen molar-refractivity contribution in [1.29, 1.82) is 0 Å². The number of aryl methyl sites for hydroxylation is 1. The summed E-state index contributed by atoms with van der Waals surface area (Å²) in [6.07, 6.45) is 4.16. The van der Waals surface area contributed by atoms with Gasteiger partial charge in [0.25, 0.3) is 5.91 Å². The number of halogens is 1. The van der Waals surface area contributed by atoms with Crippen molar-refractivity contribution in [3.8, 4) is 0 Å². The zero-order valence-corrected chi connectivity index (χ0v) is 15.9. The van der Waals surface area contributed by atoms with E-state index < -0.39 is 0 Å². The standard InChI is InChI=1S/C20H21ClN4O2/c1-11-14-3-2-4-15(21)17(14)27-16(11)20(26)25-9-7-13(8-10-25)19-22-18(23-24-19)12-5-6-12/h2-4,12-13H,5-10H2,1H3,(H,22,23,24). The van der Waals surface area contributed by atoms with Crippen LogP contribution < -0.4 is 0 Å². The van der Waals surface area contributed by atoms with E-state index in [1.54, 1.807) is 6.07 Å². The van der Waals surface area contributed by atoms with Crippen molar-refractivity contribution in [2.75, 3.05) is 13.1 Å². The fourth-order valence-corrected chi connectivity index (χ4v) is 4.12. The number of aromatic amines is 1. The minimum absolute atomic E-state index is 0.0607. The molecular formula is C20H21ClN4O2. The zero-order chi connectivity index (χ0) is 18.5. The number of benzene rings is 1. The van der Waals surface area contributed by atoms with Gasteiger partial charge < -0.3 is 9.32 Å². The summed E-state index contributed by atoms with van der Waals surface area (Å²) >= 11 is 6.21. The monoisotopic (exact) mass is 384 g/mol. The molecule has 2 aliphatic rings. The van der Waals surface area contributed by atoms with Gasteiger partial charge in [0.1, 0.15) is 5.82 Å². The minimum atomic E-state index is -0.0607. The van der Waals surface area contributed by atoms with E-state index in [1.807, 2.05) is 24.0 Å². The van der Waals surface area contributed by atoms with Crippen LogP contribution in [0.25, 0.3) is 11.0 Å². The van der Waals surface area contributed by atoms with Crippen LogP contribution in [0.2, 0.25) is 5.02 Å². The van der Waals surface area contributed by atoms with Crippen molar-refractivity contribution in [3.05, 3.63) is 46.2 Å². The number of rotatable bonds is 3. The predicted molar refractivity (Wildman–Crippen MR) is 102 cm³/mol. The van der Waals surface area contributed by atoms with Crippen LogP contribution in [0.5, 0.6) is 0 Å². The van der Waals surface area contributed by atoms with Crippen molar-refractivity contribution < 1.29 is 9.21 Å². The molecule has 3 aromatic rings. The van der Waals surface area contributed by atoms with Crippen molar-refractivity contribution in [1.82, 2.24) is 20.1 Å². The van der Waals surface area contributed by atoms with E-state index in [0.29, 0.717) is 41.3 Å². The summed E-state index contributed by atoms with van der Waals surface area (Å²) in [7, 11) is 0. The third-order valence-corrected chi connectivity index (χ3v) is 6.04. The van der Waals surface area contributed by atoms with Gasteiger partial charge in [-0.1, -0.05) is 23.7 Å². The van der Waals surface area contributed by atoms with Crippen molar-refractivity contribution in [2.45, 2.75) is 44.4 Å². The number of carbonyl (C=O) groups is 1. The van der Waals surface area contributed by atoms with Crippen LogP contribution >= 0.6 is 11.6 Å². The molecule has 0 spiro atoms. The van der Waals surface area contributed by atoms with E-state index in [2.05, 4.69) is 15.2 Å². The second-order valence-electron chi connectivity index (χ2n) is 7.59. The second kappa shape index (κ2) is 6.37. The average molecular weight is 385 g/mol. The molecule has 5 rings (SSSR count). The Morgan fingerprint density at radius 1 is 1.22 bits per heavy atom. The maximum absolute atomic E-state index is 13.0. The second-order valence-corrected chi connectivity index (χ2v) is 8.00. The van der Waals surface area contributed by atoms with Gasteiger partial charge in [-0.3, -0.25) is 9.89 Å². The molecule has 0 unspecified atom stereocenters. The molecule has 6 nitrogen and oxygen atoms in total. The summed E-state index contributed by atoms with van der Waals surface area (Å²) in [4.78, 5) is 19.5. The number of furan rings is 1. The molecule has 1 N–H and O–H groups in total. The van der Waals surface area contributed by atoms with Crippen LogP contribution in [-0.2, 0) is 0 Å². The lowest BCUT2D eigenvalue weighted by molar-refractivity contribution is 0.0680. The first-order valence-corrected chi connectivity index (χ1v) is 9.88.